The van der Waals surface area contributed by atoms with Crippen LogP contribution in [0, 0.1) is 5.82 Å². The zero-order valence-corrected chi connectivity index (χ0v) is 11.1. The maximum Gasteiger partial charge on any atom is 0.335 e. The third-order valence-electron chi connectivity index (χ3n) is 2.78. The third-order valence-corrected chi connectivity index (χ3v) is 2.78. The molecule has 0 radical (unpaired) electrons. The quantitative estimate of drug-likeness (QED) is 0.801. The molecule has 0 unspecified atom stereocenters. The molecule has 110 valence electrons. The standard InChI is InChI=1S/C13H13FN4O3/c1-18(7-8-5-15-16-6-8)13(21)17-11-4-9(12(19)20)2-3-10(11)14/h2-6H,7H2,1H3,(H,15,16)(H,17,21)(H,19,20). The van der Waals surface area contributed by atoms with E-state index in [1.807, 2.05) is 0 Å². The predicted molar refractivity (Wildman–Crippen MR) is 72.4 cm³/mol. The number of carboxylic acid groups (broad SMARTS) is 1. The first-order chi connectivity index (χ1) is 9.97. The number of H-pyrrole nitrogens is 1. The predicted octanol–water partition coefficient (Wildman–Crippen LogP) is 1.91. The van der Waals surface area contributed by atoms with Crippen LogP contribution in [0.25, 0.3) is 0 Å². The molecule has 0 saturated carbocycles. The summed E-state index contributed by atoms with van der Waals surface area (Å²) in [5.74, 6) is -1.90. The van der Waals surface area contributed by atoms with Gasteiger partial charge in [-0.3, -0.25) is 5.10 Å². The van der Waals surface area contributed by atoms with Crippen molar-refractivity contribution in [3.05, 3.63) is 47.5 Å². The summed E-state index contributed by atoms with van der Waals surface area (Å²) < 4.78 is 13.6. The number of benzene rings is 1. The number of hydrogen-bond acceptors (Lipinski definition) is 3. The highest BCUT2D eigenvalue weighted by Gasteiger charge is 2.14. The van der Waals surface area contributed by atoms with Crippen molar-refractivity contribution < 1.29 is 19.1 Å². The summed E-state index contributed by atoms with van der Waals surface area (Å²) in [6.07, 6.45) is 3.20. The van der Waals surface area contributed by atoms with E-state index in [9.17, 15) is 14.0 Å². The average Bonchev–Trinajstić information content (AvgIpc) is 2.93. The van der Waals surface area contributed by atoms with Crippen LogP contribution in [0.1, 0.15) is 15.9 Å². The Morgan fingerprint density at radius 1 is 1.48 bits per heavy atom. The SMILES string of the molecule is CN(Cc1cn[nH]c1)C(=O)Nc1cc(C(=O)O)ccc1F. The fraction of sp³-hybridized carbons (Fsp3) is 0.154. The highest BCUT2D eigenvalue weighted by Crippen LogP contribution is 2.17. The lowest BCUT2D eigenvalue weighted by Gasteiger charge is -2.17. The van der Waals surface area contributed by atoms with Crippen molar-refractivity contribution in [3.63, 3.8) is 0 Å². The molecule has 1 heterocycles. The molecule has 2 rings (SSSR count). The van der Waals surface area contributed by atoms with Crippen LogP contribution < -0.4 is 5.32 Å². The molecule has 7 nitrogen and oxygen atoms in total. The van der Waals surface area contributed by atoms with E-state index >= 15 is 0 Å². The Balaban J connectivity index is 2.08. The van der Waals surface area contributed by atoms with Gasteiger partial charge in [0, 0.05) is 18.8 Å². The van der Waals surface area contributed by atoms with Gasteiger partial charge in [-0.15, -0.1) is 0 Å². The number of nitrogens with one attached hydrogen (secondary N) is 2. The van der Waals surface area contributed by atoms with Crippen molar-refractivity contribution in [2.75, 3.05) is 12.4 Å². The van der Waals surface area contributed by atoms with E-state index in [2.05, 4.69) is 15.5 Å². The Kier molecular flexibility index (Phi) is 4.17. The molecule has 3 N–H and O–H groups in total. The van der Waals surface area contributed by atoms with Gasteiger partial charge in [-0.05, 0) is 18.2 Å². The smallest absolute Gasteiger partial charge is 0.335 e. The summed E-state index contributed by atoms with van der Waals surface area (Å²) in [6.45, 7) is 0.280. The Morgan fingerprint density at radius 2 is 2.24 bits per heavy atom. The van der Waals surface area contributed by atoms with Crippen molar-refractivity contribution >= 4 is 17.7 Å². The first kappa shape index (κ1) is 14.5. The number of halogens is 1. The van der Waals surface area contributed by atoms with Gasteiger partial charge in [0.25, 0.3) is 0 Å². The third kappa shape index (κ3) is 3.56. The Morgan fingerprint density at radius 3 is 2.86 bits per heavy atom. The first-order valence-corrected chi connectivity index (χ1v) is 6.00. The maximum absolute atomic E-state index is 13.6. The van der Waals surface area contributed by atoms with Gasteiger partial charge < -0.3 is 15.3 Å². The topological polar surface area (TPSA) is 98.3 Å². The second kappa shape index (κ2) is 6.04. The molecule has 0 saturated heterocycles. The first-order valence-electron chi connectivity index (χ1n) is 6.00. The molecule has 1 aromatic carbocycles. The number of carboxylic acids is 1. The number of anilines is 1. The zero-order chi connectivity index (χ0) is 15.4. The molecule has 0 aliphatic carbocycles. The second-order valence-corrected chi connectivity index (χ2v) is 4.39. The molecule has 21 heavy (non-hydrogen) atoms. The molecule has 1 aromatic heterocycles. The van der Waals surface area contributed by atoms with Crippen LogP contribution in [0.15, 0.2) is 30.6 Å². The molecule has 0 aliphatic heterocycles. The zero-order valence-electron chi connectivity index (χ0n) is 11.1. The number of amides is 2. The van der Waals surface area contributed by atoms with E-state index in [4.69, 9.17) is 5.11 Å². The summed E-state index contributed by atoms with van der Waals surface area (Å²) in [4.78, 5) is 24.1. The molecule has 2 amide bonds. The van der Waals surface area contributed by atoms with Gasteiger partial charge in [0.2, 0.25) is 0 Å². The lowest BCUT2D eigenvalue weighted by molar-refractivity contribution is 0.0697. The second-order valence-electron chi connectivity index (χ2n) is 4.39. The maximum atomic E-state index is 13.6. The number of rotatable bonds is 4. The number of urea groups is 1. The van der Waals surface area contributed by atoms with Gasteiger partial charge in [-0.2, -0.15) is 5.10 Å². The number of aromatic carboxylic acids is 1. The number of nitrogens with zero attached hydrogens (tertiary/aromatic N) is 2. The summed E-state index contributed by atoms with van der Waals surface area (Å²) >= 11 is 0. The Hall–Kier alpha value is -2.90. The minimum Gasteiger partial charge on any atom is -0.478 e. The largest absolute Gasteiger partial charge is 0.478 e. The van der Waals surface area contributed by atoms with Crippen LogP contribution in [0.5, 0.6) is 0 Å². The van der Waals surface area contributed by atoms with Gasteiger partial charge in [-0.25, -0.2) is 14.0 Å². The van der Waals surface area contributed by atoms with Crippen LogP contribution in [0.2, 0.25) is 0 Å². The van der Waals surface area contributed by atoms with Crippen molar-refractivity contribution in [2.24, 2.45) is 0 Å². The number of carbonyl (C=O) groups excluding carboxylic acids is 1. The van der Waals surface area contributed by atoms with Gasteiger partial charge in [-0.1, -0.05) is 0 Å². The molecule has 8 heteroatoms. The fourth-order valence-electron chi connectivity index (χ4n) is 1.67. The number of aromatic nitrogens is 2. The summed E-state index contributed by atoms with van der Waals surface area (Å²) in [5.41, 5.74) is 0.496. The van der Waals surface area contributed by atoms with Crippen LogP contribution in [0.4, 0.5) is 14.9 Å². The van der Waals surface area contributed by atoms with Crippen LogP contribution in [0.3, 0.4) is 0 Å². The molecule has 0 bridgehead atoms. The van der Waals surface area contributed by atoms with Crippen LogP contribution in [-0.4, -0.2) is 39.3 Å². The lowest BCUT2D eigenvalue weighted by Crippen LogP contribution is -2.31. The van der Waals surface area contributed by atoms with Crippen LogP contribution in [-0.2, 0) is 6.54 Å². The summed E-state index contributed by atoms with van der Waals surface area (Å²) in [5, 5.41) is 17.6. The number of carbonyl (C=O) groups is 2. The van der Waals surface area contributed by atoms with E-state index in [0.29, 0.717) is 0 Å². The molecule has 0 aliphatic rings. The normalized spacial score (nSPS) is 10.2. The average molecular weight is 292 g/mol. The van der Waals surface area contributed by atoms with Crippen molar-refractivity contribution in [3.8, 4) is 0 Å². The molecule has 2 aromatic rings. The van der Waals surface area contributed by atoms with Crippen molar-refractivity contribution in [1.29, 1.82) is 0 Å². The van der Waals surface area contributed by atoms with E-state index in [1.165, 1.54) is 11.9 Å². The molecule has 0 atom stereocenters. The molecular weight excluding hydrogens is 279 g/mol. The van der Waals surface area contributed by atoms with E-state index < -0.39 is 17.8 Å². The Bertz CT molecular complexity index is 657. The highest BCUT2D eigenvalue weighted by molar-refractivity contribution is 5.93. The minimum absolute atomic E-state index is 0.107. The van der Waals surface area contributed by atoms with Crippen molar-refractivity contribution in [2.45, 2.75) is 6.54 Å². The van der Waals surface area contributed by atoms with E-state index in [0.717, 1.165) is 23.8 Å². The number of hydrogen-bond donors (Lipinski definition) is 3. The number of aromatic amines is 1. The van der Waals surface area contributed by atoms with E-state index in [1.54, 1.807) is 12.4 Å². The van der Waals surface area contributed by atoms with Gasteiger partial charge >= 0.3 is 12.0 Å². The molecule has 0 fully saturated rings. The van der Waals surface area contributed by atoms with E-state index in [-0.39, 0.29) is 17.8 Å². The monoisotopic (exact) mass is 292 g/mol. The summed E-state index contributed by atoms with van der Waals surface area (Å²) in [7, 11) is 1.53. The van der Waals surface area contributed by atoms with Gasteiger partial charge in [0.15, 0.2) is 0 Å². The van der Waals surface area contributed by atoms with Gasteiger partial charge in [0.05, 0.1) is 24.0 Å². The highest BCUT2D eigenvalue weighted by atomic mass is 19.1. The Labute approximate surface area is 119 Å². The fourth-order valence-corrected chi connectivity index (χ4v) is 1.67. The minimum atomic E-state index is -1.20. The van der Waals surface area contributed by atoms with Gasteiger partial charge in [0.1, 0.15) is 5.82 Å². The van der Waals surface area contributed by atoms with Crippen LogP contribution >= 0.6 is 0 Å². The lowest BCUT2D eigenvalue weighted by atomic mass is 10.2. The molecular formula is C13H13FN4O3. The molecule has 0 spiro atoms. The van der Waals surface area contributed by atoms with Crippen molar-refractivity contribution in [1.82, 2.24) is 15.1 Å². The summed E-state index contributed by atoms with van der Waals surface area (Å²) in [6, 6.07) is 2.64.